The molecule has 0 saturated carbocycles. The first kappa shape index (κ1) is 18.6. The first-order chi connectivity index (χ1) is 12.9. The zero-order valence-corrected chi connectivity index (χ0v) is 15.9. The third kappa shape index (κ3) is 3.68. The summed E-state index contributed by atoms with van der Waals surface area (Å²) in [6, 6.07) is 15.8. The molecule has 1 aromatic heterocycles. The van der Waals surface area contributed by atoms with E-state index in [2.05, 4.69) is 4.98 Å². The van der Waals surface area contributed by atoms with Gasteiger partial charge in [0.1, 0.15) is 16.7 Å². The molecule has 0 fully saturated rings. The summed E-state index contributed by atoms with van der Waals surface area (Å²) in [5.41, 5.74) is 13.9. The topological polar surface area (TPSA) is 102 Å². The van der Waals surface area contributed by atoms with E-state index in [4.69, 9.17) is 11.5 Å². The number of aromatic nitrogens is 1. The number of thiazole rings is 1. The zero-order chi connectivity index (χ0) is 19.6. The molecule has 1 heterocycles. The Morgan fingerprint density at radius 3 is 2.33 bits per heavy atom. The molecular formula is C20H20N4O2S. The molecular weight excluding hydrogens is 360 g/mol. The van der Waals surface area contributed by atoms with E-state index >= 15 is 0 Å². The number of benzene rings is 2. The molecule has 0 spiro atoms. The molecule has 0 radical (unpaired) electrons. The molecule has 3 aromatic rings. The zero-order valence-electron chi connectivity index (χ0n) is 15.0. The molecule has 7 heteroatoms. The lowest BCUT2D eigenvalue weighted by Crippen LogP contribution is -2.40. The predicted octanol–water partition coefficient (Wildman–Crippen LogP) is 3.28. The van der Waals surface area contributed by atoms with Gasteiger partial charge in [-0.05, 0) is 25.5 Å². The minimum atomic E-state index is -0.656. The smallest absolute Gasteiger partial charge is 0.240 e. The van der Waals surface area contributed by atoms with Crippen LogP contribution in [0.15, 0.2) is 54.6 Å². The summed E-state index contributed by atoms with van der Waals surface area (Å²) in [4.78, 5) is 31.1. The van der Waals surface area contributed by atoms with Gasteiger partial charge in [0.15, 0.2) is 5.13 Å². The lowest BCUT2D eigenvalue weighted by atomic mass is 10.1. The Bertz CT molecular complexity index is 985. The second kappa shape index (κ2) is 7.59. The molecule has 2 aromatic carbocycles. The average molecular weight is 380 g/mol. The van der Waals surface area contributed by atoms with Crippen molar-refractivity contribution in [1.29, 1.82) is 0 Å². The van der Waals surface area contributed by atoms with E-state index in [1.165, 1.54) is 0 Å². The van der Waals surface area contributed by atoms with Gasteiger partial charge in [0.25, 0.3) is 0 Å². The van der Waals surface area contributed by atoms with E-state index in [-0.39, 0.29) is 11.6 Å². The third-order valence-corrected chi connectivity index (χ3v) is 5.33. The molecule has 3 rings (SSSR count). The van der Waals surface area contributed by atoms with Crippen LogP contribution in [-0.4, -0.2) is 22.7 Å². The van der Waals surface area contributed by atoms with Gasteiger partial charge in [-0.15, -0.1) is 0 Å². The highest BCUT2D eigenvalue weighted by Gasteiger charge is 2.28. The van der Waals surface area contributed by atoms with Gasteiger partial charge < -0.3 is 16.4 Å². The number of rotatable bonds is 6. The highest BCUT2D eigenvalue weighted by Crippen LogP contribution is 2.37. The van der Waals surface area contributed by atoms with Gasteiger partial charge in [0.2, 0.25) is 11.7 Å². The van der Waals surface area contributed by atoms with Crippen molar-refractivity contribution in [3.05, 3.63) is 70.6 Å². The Hall–Kier alpha value is -3.19. The number of aryl methyl sites for hydroxylation is 1. The maximum atomic E-state index is 12.8. The number of nitrogen functional groups attached to an aromatic ring is 1. The summed E-state index contributed by atoms with van der Waals surface area (Å²) in [5, 5.41) is 0.451. The van der Waals surface area contributed by atoms with Crippen LogP contribution >= 0.6 is 11.3 Å². The SMILES string of the molecule is Cc1ccccc1N(c1nc(N)c(C(=O)c2ccccc2)s1)[C@@H](C)C(N)=O. The van der Waals surface area contributed by atoms with Crippen molar-refractivity contribution in [2.75, 3.05) is 10.6 Å². The molecule has 0 aliphatic carbocycles. The van der Waals surface area contributed by atoms with Crippen molar-refractivity contribution < 1.29 is 9.59 Å². The first-order valence-corrected chi connectivity index (χ1v) is 9.22. The van der Waals surface area contributed by atoms with Gasteiger partial charge in [-0.2, -0.15) is 0 Å². The second-order valence-electron chi connectivity index (χ2n) is 6.14. The largest absolute Gasteiger partial charge is 0.382 e. The maximum Gasteiger partial charge on any atom is 0.240 e. The van der Waals surface area contributed by atoms with Crippen LogP contribution in [0.1, 0.15) is 27.7 Å². The Balaban J connectivity index is 2.08. The number of amides is 1. The van der Waals surface area contributed by atoms with Gasteiger partial charge in [-0.25, -0.2) is 4.98 Å². The van der Waals surface area contributed by atoms with Crippen LogP contribution in [0.5, 0.6) is 0 Å². The normalized spacial score (nSPS) is 11.8. The molecule has 0 aliphatic rings. The number of anilines is 3. The Kier molecular flexibility index (Phi) is 5.23. The molecule has 0 bridgehead atoms. The van der Waals surface area contributed by atoms with E-state index in [1.54, 1.807) is 36.1 Å². The summed E-state index contributed by atoms with van der Waals surface area (Å²) in [6.07, 6.45) is 0. The van der Waals surface area contributed by atoms with Crippen molar-refractivity contribution in [3.8, 4) is 0 Å². The lowest BCUT2D eigenvalue weighted by molar-refractivity contribution is -0.118. The van der Waals surface area contributed by atoms with Gasteiger partial charge in [-0.1, -0.05) is 59.9 Å². The molecule has 1 amide bonds. The molecule has 27 heavy (non-hydrogen) atoms. The summed E-state index contributed by atoms with van der Waals surface area (Å²) in [6.45, 7) is 3.63. The summed E-state index contributed by atoms with van der Waals surface area (Å²) >= 11 is 1.15. The van der Waals surface area contributed by atoms with E-state index in [9.17, 15) is 9.59 Å². The lowest BCUT2D eigenvalue weighted by Gasteiger charge is -2.28. The minimum Gasteiger partial charge on any atom is -0.382 e. The maximum absolute atomic E-state index is 12.8. The number of nitrogens with two attached hydrogens (primary N) is 2. The van der Waals surface area contributed by atoms with E-state index in [0.717, 1.165) is 22.6 Å². The number of primary amides is 1. The van der Waals surface area contributed by atoms with Gasteiger partial charge in [0, 0.05) is 11.3 Å². The van der Waals surface area contributed by atoms with Crippen LogP contribution in [0.4, 0.5) is 16.6 Å². The number of nitrogens with zero attached hydrogens (tertiary/aromatic N) is 2. The minimum absolute atomic E-state index is 0.138. The fourth-order valence-electron chi connectivity index (χ4n) is 2.74. The molecule has 1 atom stereocenters. The number of hydrogen-bond acceptors (Lipinski definition) is 6. The summed E-state index contributed by atoms with van der Waals surface area (Å²) < 4.78 is 0. The molecule has 0 aliphatic heterocycles. The quantitative estimate of drug-likeness (QED) is 0.639. The summed E-state index contributed by atoms with van der Waals surface area (Å²) in [7, 11) is 0. The summed E-state index contributed by atoms with van der Waals surface area (Å²) in [5.74, 6) is -0.560. The van der Waals surface area contributed by atoms with Crippen LogP contribution in [0.3, 0.4) is 0 Å². The van der Waals surface area contributed by atoms with Crippen molar-refractivity contribution in [1.82, 2.24) is 4.98 Å². The van der Waals surface area contributed by atoms with Gasteiger partial charge >= 0.3 is 0 Å². The second-order valence-corrected chi connectivity index (χ2v) is 7.12. The van der Waals surface area contributed by atoms with Crippen molar-refractivity contribution in [2.24, 2.45) is 5.73 Å². The van der Waals surface area contributed by atoms with E-state index in [1.807, 2.05) is 37.3 Å². The first-order valence-electron chi connectivity index (χ1n) is 8.40. The average Bonchev–Trinajstić information content (AvgIpc) is 3.04. The molecule has 0 unspecified atom stereocenters. The molecule has 138 valence electrons. The predicted molar refractivity (Wildman–Crippen MR) is 108 cm³/mol. The standard InChI is InChI=1S/C20H20N4O2S/c1-12-8-6-7-11-15(12)24(13(2)19(22)26)20-23-18(21)17(27-20)16(25)14-9-4-3-5-10-14/h3-11,13H,21H2,1-2H3,(H2,22,26)/t13-/m0/s1. The monoisotopic (exact) mass is 380 g/mol. The third-order valence-electron chi connectivity index (χ3n) is 4.26. The Labute approximate surface area is 161 Å². The van der Waals surface area contributed by atoms with Gasteiger partial charge in [-0.3, -0.25) is 9.59 Å². The Morgan fingerprint density at radius 1 is 1.07 bits per heavy atom. The Morgan fingerprint density at radius 2 is 1.70 bits per heavy atom. The molecule has 0 saturated heterocycles. The molecule has 6 nitrogen and oxygen atoms in total. The van der Waals surface area contributed by atoms with Crippen LogP contribution < -0.4 is 16.4 Å². The fraction of sp³-hybridized carbons (Fsp3) is 0.150. The van der Waals surface area contributed by atoms with Crippen LogP contribution in [0.25, 0.3) is 0 Å². The van der Waals surface area contributed by atoms with Crippen LogP contribution in [0.2, 0.25) is 0 Å². The number of para-hydroxylation sites is 1. The van der Waals surface area contributed by atoms with Gasteiger partial charge in [0.05, 0.1) is 0 Å². The van der Waals surface area contributed by atoms with E-state index in [0.29, 0.717) is 15.6 Å². The molecule has 4 N–H and O–H groups in total. The highest BCUT2D eigenvalue weighted by atomic mass is 32.1. The van der Waals surface area contributed by atoms with E-state index < -0.39 is 11.9 Å². The number of hydrogen-bond donors (Lipinski definition) is 2. The fourth-order valence-corrected chi connectivity index (χ4v) is 3.79. The van der Waals surface area contributed by atoms with Crippen molar-refractivity contribution >= 4 is 39.7 Å². The van der Waals surface area contributed by atoms with Crippen LogP contribution in [0, 0.1) is 6.92 Å². The van der Waals surface area contributed by atoms with Crippen molar-refractivity contribution in [2.45, 2.75) is 19.9 Å². The number of ketones is 1. The van der Waals surface area contributed by atoms with Crippen molar-refractivity contribution in [3.63, 3.8) is 0 Å². The number of carbonyl (C=O) groups is 2. The highest BCUT2D eigenvalue weighted by molar-refractivity contribution is 7.18. The van der Waals surface area contributed by atoms with Crippen LogP contribution in [-0.2, 0) is 4.79 Å². The number of carbonyl (C=O) groups excluding carboxylic acids is 2.